The normalized spacial score (nSPS) is 12.1. The molecule has 0 aromatic heterocycles. The fraction of sp³-hybridized carbons (Fsp3) is 0.350. The third kappa shape index (κ3) is 4.75. The second-order valence-corrected chi connectivity index (χ2v) is 5.98. The highest BCUT2D eigenvalue weighted by Crippen LogP contribution is 2.35. The van der Waals surface area contributed by atoms with Gasteiger partial charge in [0.1, 0.15) is 11.5 Å². The largest absolute Gasteiger partial charge is 0.508 e. The van der Waals surface area contributed by atoms with E-state index in [1.54, 1.807) is 31.2 Å². The van der Waals surface area contributed by atoms with E-state index in [1.165, 1.54) is 0 Å². The smallest absolute Gasteiger partial charge is 0.305 e. The molecule has 0 saturated carbocycles. The molecule has 2 N–H and O–H groups in total. The molecule has 0 saturated heterocycles. The SMILES string of the molecule is CCOC(=O)CCC(C)C(c1ccc(O)cc1)c1ccc(O)cc1. The lowest BCUT2D eigenvalue weighted by Crippen LogP contribution is -2.14. The first-order valence-corrected chi connectivity index (χ1v) is 8.24. The Morgan fingerprint density at radius 3 is 1.83 bits per heavy atom. The maximum atomic E-state index is 11.6. The van der Waals surface area contributed by atoms with Crippen molar-refractivity contribution in [1.29, 1.82) is 0 Å². The van der Waals surface area contributed by atoms with Gasteiger partial charge in [0.25, 0.3) is 0 Å². The summed E-state index contributed by atoms with van der Waals surface area (Å²) in [6.07, 6.45) is 1.08. The molecule has 0 fully saturated rings. The summed E-state index contributed by atoms with van der Waals surface area (Å²) in [4.78, 5) is 11.6. The van der Waals surface area contributed by atoms with Crippen LogP contribution in [-0.4, -0.2) is 22.8 Å². The van der Waals surface area contributed by atoms with E-state index < -0.39 is 0 Å². The highest BCUT2D eigenvalue weighted by Gasteiger charge is 2.22. The zero-order valence-electron chi connectivity index (χ0n) is 14.1. The molecule has 0 bridgehead atoms. The predicted octanol–water partition coefficient (Wildman–Crippen LogP) is 4.21. The molecule has 0 aliphatic heterocycles. The molecule has 0 radical (unpaired) electrons. The molecule has 0 aliphatic carbocycles. The number of carbonyl (C=O) groups excluding carboxylic acids is 1. The van der Waals surface area contributed by atoms with Crippen molar-refractivity contribution in [2.24, 2.45) is 5.92 Å². The molecule has 128 valence electrons. The Hall–Kier alpha value is -2.49. The maximum Gasteiger partial charge on any atom is 0.305 e. The number of rotatable bonds is 7. The standard InChI is InChI=1S/C20H24O4/c1-3-24-19(23)13-4-14(2)20(15-5-9-17(21)10-6-15)16-7-11-18(22)12-8-16/h5-12,14,20-22H,3-4,13H2,1-2H3. The Morgan fingerprint density at radius 2 is 1.42 bits per heavy atom. The highest BCUT2D eigenvalue weighted by molar-refractivity contribution is 5.69. The number of phenolic OH excluding ortho intramolecular Hbond substituents is 2. The van der Waals surface area contributed by atoms with Crippen LogP contribution < -0.4 is 0 Å². The number of hydrogen-bond acceptors (Lipinski definition) is 4. The molecular weight excluding hydrogens is 304 g/mol. The first-order chi connectivity index (χ1) is 11.5. The van der Waals surface area contributed by atoms with E-state index in [4.69, 9.17) is 4.74 Å². The van der Waals surface area contributed by atoms with Gasteiger partial charge in [-0.3, -0.25) is 4.79 Å². The van der Waals surface area contributed by atoms with Gasteiger partial charge in [-0.15, -0.1) is 0 Å². The lowest BCUT2D eigenvalue weighted by atomic mass is 9.79. The van der Waals surface area contributed by atoms with Crippen molar-refractivity contribution >= 4 is 5.97 Å². The number of aromatic hydroxyl groups is 2. The van der Waals surface area contributed by atoms with E-state index >= 15 is 0 Å². The highest BCUT2D eigenvalue weighted by atomic mass is 16.5. The average molecular weight is 328 g/mol. The molecule has 2 rings (SSSR count). The van der Waals surface area contributed by atoms with Crippen LogP contribution in [0.2, 0.25) is 0 Å². The first kappa shape index (κ1) is 17.9. The van der Waals surface area contributed by atoms with Crippen molar-refractivity contribution in [2.75, 3.05) is 6.61 Å². The Balaban J connectivity index is 2.23. The van der Waals surface area contributed by atoms with Crippen molar-refractivity contribution in [1.82, 2.24) is 0 Å². The Labute approximate surface area is 142 Å². The Bertz CT molecular complexity index is 601. The lowest BCUT2D eigenvalue weighted by molar-refractivity contribution is -0.143. The molecule has 1 atom stereocenters. The fourth-order valence-corrected chi connectivity index (χ4v) is 2.96. The van der Waals surface area contributed by atoms with Crippen LogP contribution in [-0.2, 0) is 9.53 Å². The van der Waals surface area contributed by atoms with E-state index in [2.05, 4.69) is 6.92 Å². The topological polar surface area (TPSA) is 66.8 Å². The van der Waals surface area contributed by atoms with Gasteiger partial charge in [0.15, 0.2) is 0 Å². The second-order valence-electron chi connectivity index (χ2n) is 5.98. The molecular formula is C20H24O4. The molecule has 0 heterocycles. The van der Waals surface area contributed by atoms with Gasteiger partial charge in [-0.1, -0.05) is 31.2 Å². The molecule has 2 aromatic rings. The number of benzene rings is 2. The van der Waals surface area contributed by atoms with Crippen LogP contribution in [0.3, 0.4) is 0 Å². The van der Waals surface area contributed by atoms with Crippen LogP contribution >= 0.6 is 0 Å². The summed E-state index contributed by atoms with van der Waals surface area (Å²) >= 11 is 0. The van der Waals surface area contributed by atoms with Crippen molar-refractivity contribution in [2.45, 2.75) is 32.6 Å². The molecule has 4 heteroatoms. The lowest BCUT2D eigenvalue weighted by Gasteiger charge is -2.25. The summed E-state index contributed by atoms with van der Waals surface area (Å²) in [6, 6.07) is 14.3. The van der Waals surface area contributed by atoms with Crippen molar-refractivity contribution in [3.63, 3.8) is 0 Å². The zero-order valence-corrected chi connectivity index (χ0v) is 14.1. The monoisotopic (exact) mass is 328 g/mol. The number of hydrogen-bond donors (Lipinski definition) is 2. The van der Waals surface area contributed by atoms with E-state index in [9.17, 15) is 15.0 Å². The second kappa shape index (κ2) is 8.39. The van der Waals surface area contributed by atoms with Gasteiger partial charge in [0, 0.05) is 12.3 Å². The van der Waals surface area contributed by atoms with Gasteiger partial charge >= 0.3 is 5.97 Å². The van der Waals surface area contributed by atoms with Crippen LogP contribution in [0.1, 0.15) is 43.7 Å². The summed E-state index contributed by atoms with van der Waals surface area (Å²) in [5.41, 5.74) is 2.13. The van der Waals surface area contributed by atoms with Gasteiger partial charge in [0.05, 0.1) is 6.61 Å². The minimum atomic E-state index is -0.181. The summed E-state index contributed by atoms with van der Waals surface area (Å²) < 4.78 is 5.01. The molecule has 0 aliphatic rings. The van der Waals surface area contributed by atoms with Gasteiger partial charge in [0.2, 0.25) is 0 Å². The third-order valence-corrected chi connectivity index (χ3v) is 4.18. The maximum absolute atomic E-state index is 11.6. The molecule has 24 heavy (non-hydrogen) atoms. The van der Waals surface area contributed by atoms with Gasteiger partial charge in [-0.25, -0.2) is 0 Å². The van der Waals surface area contributed by atoms with Crippen LogP contribution in [0.4, 0.5) is 0 Å². The summed E-state index contributed by atoms with van der Waals surface area (Å²) in [5, 5.41) is 19.0. The molecule has 0 spiro atoms. The van der Waals surface area contributed by atoms with Crippen molar-refractivity contribution < 1.29 is 19.7 Å². The minimum absolute atomic E-state index is 0.0700. The number of phenols is 2. The van der Waals surface area contributed by atoms with Crippen molar-refractivity contribution in [3.05, 3.63) is 59.7 Å². The van der Waals surface area contributed by atoms with Gasteiger partial charge < -0.3 is 14.9 Å². The summed E-state index contributed by atoms with van der Waals surface area (Å²) in [6.45, 7) is 4.30. The van der Waals surface area contributed by atoms with E-state index in [0.29, 0.717) is 19.4 Å². The van der Waals surface area contributed by atoms with Crippen LogP contribution in [0, 0.1) is 5.92 Å². The number of carbonyl (C=O) groups is 1. The molecule has 2 aromatic carbocycles. The predicted molar refractivity (Wildman–Crippen MR) is 93.1 cm³/mol. The Morgan fingerprint density at radius 1 is 0.958 bits per heavy atom. The first-order valence-electron chi connectivity index (χ1n) is 8.24. The molecule has 4 nitrogen and oxygen atoms in total. The summed E-state index contributed by atoms with van der Waals surface area (Å²) in [5.74, 6) is 0.536. The number of ether oxygens (including phenoxy) is 1. The van der Waals surface area contributed by atoms with Gasteiger partial charge in [-0.2, -0.15) is 0 Å². The zero-order chi connectivity index (χ0) is 17.5. The molecule has 1 unspecified atom stereocenters. The van der Waals surface area contributed by atoms with Crippen LogP contribution in [0.5, 0.6) is 11.5 Å². The quantitative estimate of drug-likeness (QED) is 0.747. The fourth-order valence-electron chi connectivity index (χ4n) is 2.96. The summed E-state index contributed by atoms with van der Waals surface area (Å²) in [7, 11) is 0. The number of esters is 1. The third-order valence-electron chi connectivity index (χ3n) is 4.18. The van der Waals surface area contributed by atoms with Gasteiger partial charge in [-0.05, 0) is 54.7 Å². The van der Waals surface area contributed by atoms with E-state index in [1.807, 2.05) is 24.3 Å². The molecule has 0 amide bonds. The average Bonchev–Trinajstić information content (AvgIpc) is 2.57. The minimum Gasteiger partial charge on any atom is -0.508 e. The van der Waals surface area contributed by atoms with E-state index in [-0.39, 0.29) is 29.3 Å². The van der Waals surface area contributed by atoms with Crippen LogP contribution in [0.25, 0.3) is 0 Å². The van der Waals surface area contributed by atoms with Crippen LogP contribution in [0.15, 0.2) is 48.5 Å². The Kier molecular flexibility index (Phi) is 6.24. The van der Waals surface area contributed by atoms with Crippen molar-refractivity contribution in [3.8, 4) is 11.5 Å². The van der Waals surface area contributed by atoms with E-state index in [0.717, 1.165) is 11.1 Å².